The van der Waals surface area contributed by atoms with Crippen LogP contribution in [0.5, 0.6) is 5.75 Å². The molecule has 0 aliphatic heterocycles. The summed E-state index contributed by atoms with van der Waals surface area (Å²) >= 11 is 0. The number of carbonyl (C=O) groups excluding carboxylic acids is 1. The Hall–Kier alpha value is -3.34. The average molecular weight is 334 g/mol. The van der Waals surface area contributed by atoms with Crippen LogP contribution in [0.25, 0.3) is 0 Å². The number of hydrogen-bond donors (Lipinski definition) is 1. The number of methoxy groups -OCH3 is 1. The van der Waals surface area contributed by atoms with Crippen molar-refractivity contribution in [2.45, 2.75) is 6.54 Å². The van der Waals surface area contributed by atoms with Crippen molar-refractivity contribution in [1.29, 1.82) is 0 Å². The van der Waals surface area contributed by atoms with E-state index in [1.54, 1.807) is 47.2 Å². The molecule has 5 heteroatoms. The van der Waals surface area contributed by atoms with E-state index >= 15 is 0 Å². The van der Waals surface area contributed by atoms with E-state index in [4.69, 9.17) is 4.74 Å². The predicted octanol–water partition coefficient (Wildman–Crippen LogP) is 3.16. The third kappa shape index (κ3) is 3.77. The molecule has 0 spiro atoms. The molecule has 25 heavy (non-hydrogen) atoms. The maximum absolute atomic E-state index is 12.6. The van der Waals surface area contributed by atoms with Gasteiger partial charge in [-0.15, -0.1) is 0 Å². The Bertz CT molecular complexity index is 933. The van der Waals surface area contributed by atoms with Gasteiger partial charge in [0.15, 0.2) is 0 Å². The number of amides is 1. The van der Waals surface area contributed by atoms with Crippen LogP contribution in [-0.4, -0.2) is 17.6 Å². The smallest absolute Gasteiger partial charge is 0.274 e. The zero-order chi connectivity index (χ0) is 17.6. The van der Waals surface area contributed by atoms with Crippen LogP contribution in [-0.2, 0) is 6.54 Å². The standard InChI is InChI=1S/C20H18N2O3/c1-25-18-12-6-5-10-16(18)19(23)21-17-11-7-13-22(20(17)24)14-15-8-3-2-4-9-15/h2-13H,14H2,1H3,(H,21,23). The third-order valence-corrected chi connectivity index (χ3v) is 3.82. The molecule has 0 aliphatic rings. The van der Waals surface area contributed by atoms with E-state index in [0.29, 0.717) is 17.9 Å². The van der Waals surface area contributed by atoms with Gasteiger partial charge in [-0.05, 0) is 29.8 Å². The summed E-state index contributed by atoms with van der Waals surface area (Å²) in [6, 6.07) is 19.9. The summed E-state index contributed by atoms with van der Waals surface area (Å²) in [5.74, 6) is 0.0764. The molecule has 0 bridgehead atoms. The first-order chi connectivity index (χ1) is 12.2. The Balaban J connectivity index is 1.85. The highest BCUT2D eigenvalue weighted by atomic mass is 16.5. The minimum absolute atomic E-state index is 0.231. The molecule has 0 saturated heterocycles. The SMILES string of the molecule is COc1ccccc1C(=O)Nc1cccn(Cc2ccccc2)c1=O. The minimum Gasteiger partial charge on any atom is -0.496 e. The molecule has 0 aliphatic carbocycles. The fraction of sp³-hybridized carbons (Fsp3) is 0.100. The van der Waals surface area contributed by atoms with Gasteiger partial charge in [-0.1, -0.05) is 42.5 Å². The van der Waals surface area contributed by atoms with E-state index in [2.05, 4.69) is 5.32 Å². The van der Waals surface area contributed by atoms with Gasteiger partial charge < -0.3 is 14.6 Å². The van der Waals surface area contributed by atoms with E-state index in [-0.39, 0.29) is 17.2 Å². The van der Waals surface area contributed by atoms with E-state index < -0.39 is 0 Å². The highest BCUT2D eigenvalue weighted by Crippen LogP contribution is 2.18. The van der Waals surface area contributed by atoms with Gasteiger partial charge in [0.1, 0.15) is 11.4 Å². The number of rotatable bonds is 5. The summed E-state index contributed by atoms with van der Waals surface area (Å²) in [5, 5.41) is 2.68. The highest BCUT2D eigenvalue weighted by Gasteiger charge is 2.13. The van der Waals surface area contributed by atoms with Crippen molar-refractivity contribution >= 4 is 11.6 Å². The lowest BCUT2D eigenvalue weighted by Gasteiger charge is -2.11. The number of aromatic nitrogens is 1. The Kier molecular flexibility index (Phi) is 4.95. The maximum Gasteiger partial charge on any atom is 0.274 e. The van der Waals surface area contributed by atoms with Gasteiger partial charge in [0.05, 0.1) is 19.2 Å². The zero-order valence-electron chi connectivity index (χ0n) is 13.8. The van der Waals surface area contributed by atoms with Gasteiger partial charge >= 0.3 is 0 Å². The first kappa shape index (κ1) is 16.5. The molecule has 0 saturated carbocycles. The van der Waals surface area contributed by atoms with E-state index in [1.165, 1.54) is 7.11 Å². The molecule has 3 aromatic rings. The van der Waals surface area contributed by atoms with Crippen molar-refractivity contribution in [3.05, 3.63) is 94.4 Å². The molecule has 1 heterocycles. The highest BCUT2D eigenvalue weighted by molar-refractivity contribution is 6.06. The third-order valence-electron chi connectivity index (χ3n) is 3.82. The van der Waals surface area contributed by atoms with Crippen LogP contribution in [0.1, 0.15) is 15.9 Å². The number of carbonyl (C=O) groups is 1. The van der Waals surface area contributed by atoms with Crippen LogP contribution >= 0.6 is 0 Å². The van der Waals surface area contributed by atoms with Gasteiger partial charge in [0.2, 0.25) is 0 Å². The topological polar surface area (TPSA) is 60.3 Å². The number of para-hydroxylation sites is 1. The molecule has 3 rings (SSSR count). The number of nitrogens with zero attached hydrogens (tertiary/aromatic N) is 1. The molecule has 0 unspecified atom stereocenters. The summed E-state index contributed by atoms with van der Waals surface area (Å²) in [5.41, 5.74) is 1.37. The molecule has 1 N–H and O–H groups in total. The van der Waals surface area contributed by atoms with Gasteiger partial charge in [-0.3, -0.25) is 9.59 Å². The van der Waals surface area contributed by atoms with Crippen LogP contribution in [0, 0.1) is 0 Å². The first-order valence-corrected chi connectivity index (χ1v) is 7.87. The molecule has 0 atom stereocenters. The lowest BCUT2D eigenvalue weighted by atomic mass is 10.2. The van der Waals surface area contributed by atoms with Crippen LogP contribution in [0.2, 0.25) is 0 Å². The summed E-state index contributed by atoms with van der Waals surface area (Å²) in [7, 11) is 1.50. The molecule has 126 valence electrons. The van der Waals surface area contributed by atoms with Crippen molar-refractivity contribution in [3.63, 3.8) is 0 Å². The lowest BCUT2D eigenvalue weighted by molar-refractivity contribution is 0.102. The lowest BCUT2D eigenvalue weighted by Crippen LogP contribution is -2.26. The average Bonchev–Trinajstić information content (AvgIpc) is 2.65. The number of hydrogen-bond acceptors (Lipinski definition) is 3. The summed E-state index contributed by atoms with van der Waals surface area (Å²) in [6.07, 6.45) is 1.70. The van der Waals surface area contributed by atoms with E-state index in [1.807, 2.05) is 30.3 Å². The predicted molar refractivity (Wildman–Crippen MR) is 97.2 cm³/mol. The number of anilines is 1. The van der Waals surface area contributed by atoms with Crippen LogP contribution in [0.15, 0.2) is 77.7 Å². The number of ether oxygens (including phenoxy) is 1. The Morgan fingerprint density at radius 1 is 1.00 bits per heavy atom. The zero-order valence-corrected chi connectivity index (χ0v) is 13.8. The fourth-order valence-electron chi connectivity index (χ4n) is 2.56. The summed E-state index contributed by atoms with van der Waals surface area (Å²) in [6.45, 7) is 0.443. The molecular weight excluding hydrogens is 316 g/mol. The van der Waals surface area contributed by atoms with Crippen molar-refractivity contribution in [3.8, 4) is 5.75 Å². The Morgan fingerprint density at radius 2 is 1.72 bits per heavy atom. The van der Waals surface area contributed by atoms with Crippen LogP contribution in [0.3, 0.4) is 0 Å². The molecule has 1 aromatic heterocycles. The fourth-order valence-corrected chi connectivity index (χ4v) is 2.56. The van der Waals surface area contributed by atoms with Crippen molar-refractivity contribution in [2.75, 3.05) is 12.4 Å². The van der Waals surface area contributed by atoms with E-state index in [0.717, 1.165) is 5.56 Å². The Morgan fingerprint density at radius 3 is 2.48 bits per heavy atom. The summed E-state index contributed by atoms with van der Waals surface area (Å²) in [4.78, 5) is 25.1. The van der Waals surface area contributed by atoms with Gasteiger partial charge in [-0.25, -0.2) is 0 Å². The Labute approximate surface area is 145 Å². The van der Waals surface area contributed by atoms with Crippen LogP contribution < -0.4 is 15.6 Å². The summed E-state index contributed by atoms with van der Waals surface area (Å²) < 4.78 is 6.76. The van der Waals surface area contributed by atoms with Crippen molar-refractivity contribution in [2.24, 2.45) is 0 Å². The number of pyridine rings is 1. The first-order valence-electron chi connectivity index (χ1n) is 7.87. The molecule has 1 amide bonds. The molecule has 2 aromatic carbocycles. The second-order valence-electron chi connectivity index (χ2n) is 5.49. The molecule has 0 fully saturated rings. The van der Waals surface area contributed by atoms with Gasteiger partial charge in [0, 0.05) is 6.20 Å². The van der Waals surface area contributed by atoms with Crippen LogP contribution in [0.4, 0.5) is 5.69 Å². The van der Waals surface area contributed by atoms with Crippen molar-refractivity contribution in [1.82, 2.24) is 4.57 Å². The molecule has 0 radical (unpaired) electrons. The maximum atomic E-state index is 12.6. The number of nitrogens with one attached hydrogen (secondary N) is 1. The van der Waals surface area contributed by atoms with Gasteiger partial charge in [-0.2, -0.15) is 0 Å². The number of benzene rings is 2. The van der Waals surface area contributed by atoms with Gasteiger partial charge in [0.25, 0.3) is 11.5 Å². The monoisotopic (exact) mass is 334 g/mol. The minimum atomic E-state index is -0.382. The second-order valence-corrected chi connectivity index (χ2v) is 5.49. The van der Waals surface area contributed by atoms with Crippen molar-refractivity contribution < 1.29 is 9.53 Å². The second kappa shape index (κ2) is 7.49. The molecular formula is C20H18N2O3. The normalized spacial score (nSPS) is 10.3. The van der Waals surface area contributed by atoms with E-state index in [9.17, 15) is 9.59 Å². The molecule has 5 nitrogen and oxygen atoms in total. The largest absolute Gasteiger partial charge is 0.496 e. The quantitative estimate of drug-likeness (QED) is 0.780.